The lowest BCUT2D eigenvalue weighted by atomic mass is 9.89. The second-order valence-electron chi connectivity index (χ2n) is 7.60. The number of aromatic amines is 1. The number of methoxy groups -OCH3 is 1. The van der Waals surface area contributed by atoms with Gasteiger partial charge in [0.2, 0.25) is 0 Å². The van der Waals surface area contributed by atoms with Gasteiger partial charge in [0.15, 0.2) is 0 Å². The zero-order valence-corrected chi connectivity index (χ0v) is 16.5. The van der Waals surface area contributed by atoms with Crippen LogP contribution in [-0.2, 0) is 4.74 Å². The van der Waals surface area contributed by atoms with E-state index in [-0.39, 0.29) is 6.23 Å². The molecule has 1 aliphatic heterocycles. The summed E-state index contributed by atoms with van der Waals surface area (Å²) in [5.74, 6) is 0.649. The lowest BCUT2D eigenvalue weighted by molar-refractivity contribution is 0.0703. The van der Waals surface area contributed by atoms with Crippen LogP contribution < -0.4 is 11.1 Å². The molecule has 0 aliphatic carbocycles. The highest BCUT2D eigenvalue weighted by Gasteiger charge is 2.22. The van der Waals surface area contributed by atoms with E-state index >= 15 is 0 Å². The molecule has 148 valence electrons. The monoisotopic (exact) mass is 378 g/mol. The Labute approximate surface area is 166 Å². The first kappa shape index (κ1) is 19.0. The summed E-state index contributed by atoms with van der Waals surface area (Å²) in [5.41, 5.74) is 10.6. The van der Waals surface area contributed by atoms with E-state index in [4.69, 9.17) is 10.5 Å². The number of nitrogens with one attached hydrogen (secondary N) is 2. The molecule has 1 unspecified atom stereocenters. The van der Waals surface area contributed by atoms with Gasteiger partial charge in [-0.15, -0.1) is 0 Å². The van der Waals surface area contributed by atoms with Crippen LogP contribution in [0.2, 0.25) is 0 Å². The number of aromatic nitrogens is 1. The average Bonchev–Trinajstić information content (AvgIpc) is 3.17. The van der Waals surface area contributed by atoms with E-state index in [9.17, 15) is 0 Å². The molecule has 0 spiro atoms. The maximum Gasteiger partial charge on any atom is 0.135 e. The molecule has 0 bridgehead atoms. The molecule has 0 saturated carbocycles. The zero-order valence-electron chi connectivity index (χ0n) is 16.5. The number of hydrogen-bond acceptors (Lipinski definition) is 4. The van der Waals surface area contributed by atoms with Gasteiger partial charge in [-0.25, -0.2) is 0 Å². The predicted molar refractivity (Wildman–Crippen MR) is 115 cm³/mol. The first-order valence-corrected chi connectivity index (χ1v) is 10.1. The van der Waals surface area contributed by atoms with Crippen molar-refractivity contribution < 1.29 is 4.74 Å². The molecule has 1 fully saturated rings. The SMILES string of the molecule is COC(NCCN1CCC(c2c[nH]c3ccccc23)CC1)c1ccccc1N. The van der Waals surface area contributed by atoms with Gasteiger partial charge >= 0.3 is 0 Å². The van der Waals surface area contributed by atoms with Gasteiger partial charge in [0, 0.05) is 48.5 Å². The van der Waals surface area contributed by atoms with E-state index in [0.717, 1.165) is 37.4 Å². The van der Waals surface area contributed by atoms with Crippen LogP contribution in [0.25, 0.3) is 10.9 Å². The van der Waals surface area contributed by atoms with Crippen molar-refractivity contribution in [1.29, 1.82) is 0 Å². The number of hydrogen-bond donors (Lipinski definition) is 3. The van der Waals surface area contributed by atoms with Crippen LogP contribution >= 0.6 is 0 Å². The summed E-state index contributed by atoms with van der Waals surface area (Å²) in [5, 5.41) is 4.87. The number of benzene rings is 2. The molecule has 4 N–H and O–H groups in total. The molecule has 1 atom stereocenters. The lowest BCUT2D eigenvalue weighted by Crippen LogP contribution is -2.39. The summed E-state index contributed by atoms with van der Waals surface area (Å²) in [6, 6.07) is 16.5. The van der Waals surface area contributed by atoms with Crippen molar-refractivity contribution in [2.24, 2.45) is 0 Å². The fourth-order valence-electron chi connectivity index (χ4n) is 4.32. The number of nitrogen functional groups attached to an aromatic ring is 1. The summed E-state index contributed by atoms with van der Waals surface area (Å²) in [6.45, 7) is 4.17. The van der Waals surface area contributed by atoms with Gasteiger partial charge in [0.25, 0.3) is 0 Å². The number of likely N-dealkylation sites (tertiary alicyclic amines) is 1. The smallest absolute Gasteiger partial charge is 0.135 e. The van der Waals surface area contributed by atoms with Crippen molar-refractivity contribution in [3.8, 4) is 0 Å². The van der Waals surface area contributed by atoms with Gasteiger partial charge in [0.05, 0.1) is 0 Å². The Bertz CT molecular complexity index is 898. The maximum atomic E-state index is 6.08. The number of rotatable bonds is 7. The molecule has 1 aromatic heterocycles. The number of ether oxygens (including phenoxy) is 1. The van der Waals surface area contributed by atoms with Crippen molar-refractivity contribution in [3.63, 3.8) is 0 Å². The Balaban J connectivity index is 1.27. The van der Waals surface area contributed by atoms with Crippen molar-refractivity contribution >= 4 is 16.6 Å². The minimum absolute atomic E-state index is 0.162. The van der Waals surface area contributed by atoms with E-state index in [0.29, 0.717) is 5.92 Å². The highest BCUT2D eigenvalue weighted by Crippen LogP contribution is 2.33. The second-order valence-corrected chi connectivity index (χ2v) is 7.60. The van der Waals surface area contributed by atoms with Gasteiger partial charge in [-0.05, 0) is 49.5 Å². The van der Waals surface area contributed by atoms with E-state index in [2.05, 4.69) is 45.7 Å². The lowest BCUT2D eigenvalue weighted by Gasteiger charge is -2.32. The Hall–Kier alpha value is -2.34. The number of nitrogens with two attached hydrogens (primary N) is 1. The van der Waals surface area contributed by atoms with Gasteiger partial charge in [0.1, 0.15) is 6.23 Å². The minimum atomic E-state index is -0.162. The molecule has 2 heterocycles. The van der Waals surface area contributed by atoms with Crippen molar-refractivity contribution in [1.82, 2.24) is 15.2 Å². The Kier molecular flexibility index (Phi) is 5.95. The molecule has 1 saturated heterocycles. The largest absolute Gasteiger partial charge is 0.398 e. The molecule has 4 rings (SSSR count). The number of fused-ring (bicyclic) bond motifs is 1. The molecule has 5 heteroatoms. The fourth-order valence-corrected chi connectivity index (χ4v) is 4.32. The molecule has 0 amide bonds. The highest BCUT2D eigenvalue weighted by atomic mass is 16.5. The first-order valence-electron chi connectivity index (χ1n) is 10.1. The van der Waals surface area contributed by atoms with Crippen LogP contribution in [0.15, 0.2) is 54.7 Å². The standard InChI is InChI=1S/C23H30N4O/c1-28-23(19-7-2-4-8-21(19)24)25-12-15-27-13-10-17(11-14-27)20-16-26-22-9-5-3-6-18(20)22/h2-9,16-17,23,25-26H,10-15,24H2,1H3. The zero-order chi connectivity index (χ0) is 19.3. The average molecular weight is 379 g/mol. The van der Waals surface area contributed by atoms with E-state index < -0.39 is 0 Å². The molecule has 0 radical (unpaired) electrons. The molecule has 2 aromatic carbocycles. The van der Waals surface area contributed by atoms with Crippen molar-refractivity contribution in [2.75, 3.05) is 39.0 Å². The van der Waals surface area contributed by atoms with Crippen molar-refractivity contribution in [2.45, 2.75) is 25.0 Å². The van der Waals surface area contributed by atoms with Gasteiger partial charge in [-0.3, -0.25) is 5.32 Å². The normalized spacial score (nSPS) is 17.2. The van der Waals surface area contributed by atoms with Gasteiger partial charge < -0.3 is 20.4 Å². The summed E-state index contributed by atoms with van der Waals surface area (Å²) in [4.78, 5) is 5.96. The third kappa shape index (κ3) is 4.07. The van der Waals surface area contributed by atoms with Crippen LogP contribution in [0, 0.1) is 0 Å². The van der Waals surface area contributed by atoms with Crippen molar-refractivity contribution in [3.05, 3.63) is 65.9 Å². The number of piperidine rings is 1. The number of anilines is 1. The summed E-state index contributed by atoms with van der Waals surface area (Å²) < 4.78 is 5.60. The van der Waals surface area contributed by atoms with Crippen LogP contribution in [-0.4, -0.2) is 43.2 Å². The quantitative estimate of drug-likeness (QED) is 0.431. The van der Waals surface area contributed by atoms with E-state index in [1.54, 1.807) is 7.11 Å². The van der Waals surface area contributed by atoms with E-state index in [1.165, 1.54) is 29.3 Å². The predicted octanol–water partition coefficient (Wildman–Crippen LogP) is 3.86. The molecular weight excluding hydrogens is 348 g/mol. The fraction of sp³-hybridized carbons (Fsp3) is 0.391. The molecule has 5 nitrogen and oxygen atoms in total. The molecule has 3 aromatic rings. The Morgan fingerprint density at radius 3 is 2.68 bits per heavy atom. The summed E-state index contributed by atoms with van der Waals surface area (Å²) >= 11 is 0. The number of para-hydroxylation sites is 2. The van der Waals surface area contributed by atoms with Crippen LogP contribution in [0.3, 0.4) is 0 Å². The maximum absolute atomic E-state index is 6.08. The topological polar surface area (TPSA) is 66.3 Å². The number of H-pyrrole nitrogens is 1. The third-order valence-electron chi connectivity index (χ3n) is 5.92. The summed E-state index contributed by atoms with van der Waals surface area (Å²) in [6.07, 6.45) is 4.47. The highest BCUT2D eigenvalue weighted by molar-refractivity contribution is 5.83. The van der Waals surface area contributed by atoms with Crippen LogP contribution in [0.4, 0.5) is 5.69 Å². The number of nitrogens with zero attached hydrogens (tertiary/aromatic N) is 1. The van der Waals surface area contributed by atoms with Gasteiger partial charge in [-0.1, -0.05) is 36.4 Å². The Morgan fingerprint density at radius 2 is 1.89 bits per heavy atom. The molecule has 28 heavy (non-hydrogen) atoms. The second kappa shape index (κ2) is 8.78. The summed E-state index contributed by atoms with van der Waals surface area (Å²) in [7, 11) is 1.72. The van der Waals surface area contributed by atoms with Crippen LogP contribution in [0.1, 0.15) is 36.1 Å². The Morgan fingerprint density at radius 1 is 1.14 bits per heavy atom. The minimum Gasteiger partial charge on any atom is -0.398 e. The van der Waals surface area contributed by atoms with Gasteiger partial charge in [-0.2, -0.15) is 0 Å². The third-order valence-corrected chi connectivity index (χ3v) is 5.92. The molecular formula is C23H30N4O. The first-order chi connectivity index (χ1) is 13.8. The van der Waals surface area contributed by atoms with Crippen LogP contribution in [0.5, 0.6) is 0 Å². The van der Waals surface area contributed by atoms with E-state index in [1.807, 2.05) is 24.3 Å². The molecule has 1 aliphatic rings.